The van der Waals surface area contributed by atoms with Gasteiger partial charge in [0.25, 0.3) is 5.56 Å². The number of hydrogen-bond donors (Lipinski definition) is 0. The minimum Gasteiger partial charge on any atom is -0.376 e. The first-order valence-corrected chi connectivity index (χ1v) is 11.8. The quantitative estimate of drug-likeness (QED) is 0.393. The predicted molar refractivity (Wildman–Crippen MR) is 118 cm³/mol. The Morgan fingerprint density at radius 2 is 2.07 bits per heavy atom. The van der Waals surface area contributed by atoms with E-state index in [4.69, 9.17) is 21.3 Å². The molecule has 0 aliphatic carbocycles. The van der Waals surface area contributed by atoms with E-state index in [0.29, 0.717) is 27.6 Å². The second-order valence-corrected chi connectivity index (χ2v) is 9.00. The van der Waals surface area contributed by atoms with Crippen LogP contribution < -0.4 is 5.56 Å². The lowest BCUT2D eigenvalue weighted by molar-refractivity contribution is 0.0937. The van der Waals surface area contributed by atoms with Gasteiger partial charge in [0.15, 0.2) is 5.16 Å². The molecule has 2 heterocycles. The molecule has 146 valence electrons. The first kappa shape index (κ1) is 19.8. The maximum Gasteiger partial charge on any atom is 0.262 e. The Morgan fingerprint density at radius 1 is 1.25 bits per heavy atom. The summed E-state index contributed by atoms with van der Waals surface area (Å²) in [4.78, 5) is 19.2. The van der Waals surface area contributed by atoms with Gasteiger partial charge in [-0.3, -0.25) is 9.36 Å². The maximum absolute atomic E-state index is 13.2. The van der Waals surface area contributed by atoms with Crippen LogP contribution in [0.5, 0.6) is 0 Å². The third kappa shape index (κ3) is 4.40. The number of halogens is 1. The highest BCUT2D eigenvalue weighted by Crippen LogP contribution is 2.26. The summed E-state index contributed by atoms with van der Waals surface area (Å²) in [5.41, 5.74) is 1.81. The highest BCUT2D eigenvalue weighted by Gasteiger charge is 2.20. The van der Waals surface area contributed by atoms with E-state index in [1.165, 1.54) is 10.5 Å². The van der Waals surface area contributed by atoms with Crippen molar-refractivity contribution in [2.75, 3.05) is 12.9 Å². The van der Waals surface area contributed by atoms with Crippen LogP contribution in [0.15, 0.2) is 57.3 Å². The van der Waals surface area contributed by atoms with Gasteiger partial charge < -0.3 is 4.74 Å². The summed E-state index contributed by atoms with van der Waals surface area (Å²) < 4.78 is 7.54. The molecule has 1 atom stereocenters. The van der Waals surface area contributed by atoms with Crippen molar-refractivity contribution in [2.24, 2.45) is 0 Å². The fourth-order valence-corrected chi connectivity index (χ4v) is 4.85. The van der Waals surface area contributed by atoms with E-state index in [1.54, 1.807) is 46.3 Å². The van der Waals surface area contributed by atoms with Gasteiger partial charge in [0.05, 0.1) is 23.6 Å². The summed E-state index contributed by atoms with van der Waals surface area (Å²) in [6.07, 6.45) is 4.16. The molecule has 0 spiro atoms. The zero-order valence-corrected chi connectivity index (χ0v) is 17.9. The number of hydrogen-bond acceptors (Lipinski definition) is 5. The number of aromatic nitrogens is 2. The van der Waals surface area contributed by atoms with Crippen molar-refractivity contribution >= 4 is 46.0 Å². The number of nitrogens with zero attached hydrogens (tertiary/aromatic N) is 2. The van der Waals surface area contributed by atoms with E-state index in [2.05, 4.69) is 30.5 Å². The van der Waals surface area contributed by atoms with Crippen LogP contribution in [0.1, 0.15) is 18.4 Å². The molecule has 1 aliphatic heterocycles. The summed E-state index contributed by atoms with van der Waals surface area (Å²) in [6, 6.07) is 13.7. The van der Waals surface area contributed by atoms with Crippen LogP contribution in [0.3, 0.4) is 0 Å². The number of ether oxygens (including phenoxy) is 1. The topological polar surface area (TPSA) is 44.1 Å². The van der Waals surface area contributed by atoms with Crippen molar-refractivity contribution in [1.82, 2.24) is 9.55 Å². The van der Waals surface area contributed by atoms with Crippen LogP contribution in [-0.4, -0.2) is 28.5 Å². The Morgan fingerprint density at radius 3 is 2.79 bits per heavy atom. The molecule has 1 fully saturated rings. The second-order valence-electron chi connectivity index (χ2n) is 6.74. The van der Waals surface area contributed by atoms with E-state index in [-0.39, 0.29) is 11.7 Å². The molecule has 1 saturated heterocycles. The molecule has 0 N–H and O–H groups in total. The van der Waals surface area contributed by atoms with Gasteiger partial charge >= 0.3 is 0 Å². The minimum absolute atomic E-state index is 0.0302. The minimum atomic E-state index is -0.0302. The molecule has 2 aromatic carbocycles. The summed E-state index contributed by atoms with van der Waals surface area (Å²) in [5.74, 6) is 0.749. The lowest BCUT2D eigenvalue weighted by Crippen LogP contribution is -2.28. The number of rotatable bonds is 6. The van der Waals surface area contributed by atoms with Gasteiger partial charge in [0, 0.05) is 22.3 Å². The third-order valence-electron chi connectivity index (χ3n) is 4.82. The van der Waals surface area contributed by atoms with Crippen molar-refractivity contribution in [3.63, 3.8) is 0 Å². The van der Waals surface area contributed by atoms with Crippen LogP contribution in [-0.2, 0) is 17.0 Å². The van der Waals surface area contributed by atoms with E-state index in [0.717, 1.165) is 25.2 Å². The zero-order valence-electron chi connectivity index (χ0n) is 15.6. The molecule has 0 bridgehead atoms. The molecule has 0 saturated carbocycles. The molecule has 0 radical (unpaired) electrons. The fourth-order valence-electron chi connectivity index (χ4n) is 3.31. The standard InChI is InChI=1S/C21H21ClN2O2S2/c1-27-17-7-4-14(5-8-17)13-28-21-23-19-11-15(22)6-9-18(19)20(25)24(21)12-16-3-2-10-26-16/h4-9,11,16H,2-3,10,12-13H2,1H3. The summed E-state index contributed by atoms with van der Waals surface area (Å²) in [5, 5.41) is 1.89. The first-order valence-electron chi connectivity index (χ1n) is 9.21. The lowest BCUT2D eigenvalue weighted by Gasteiger charge is -2.16. The highest BCUT2D eigenvalue weighted by atomic mass is 35.5. The van der Waals surface area contributed by atoms with Gasteiger partial charge in [-0.25, -0.2) is 4.98 Å². The third-order valence-corrected chi connectivity index (χ3v) is 6.85. The van der Waals surface area contributed by atoms with E-state index in [9.17, 15) is 4.79 Å². The van der Waals surface area contributed by atoms with Crippen LogP contribution in [0, 0.1) is 0 Å². The molecule has 7 heteroatoms. The molecule has 4 nitrogen and oxygen atoms in total. The van der Waals surface area contributed by atoms with Crippen LogP contribution in [0.2, 0.25) is 5.02 Å². The van der Waals surface area contributed by atoms with Gasteiger partial charge in [-0.2, -0.15) is 0 Å². The molecule has 4 rings (SSSR count). The fraction of sp³-hybridized carbons (Fsp3) is 0.333. The summed E-state index contributed by atoms with van der Waals surface area (Å²) in [7, 11) is 0. The van der Waals surface area contributed by atoms with Crippen LogP contribution >= 0.6 is 35.1 Å². The lowest BCUT2D eigenvalue weighted by atomic mass is 10.2. The predicted octanol–water partition coefficient (Wildman–Crippen LogP) is 5.24. The molecular weight excluding hydrogens is 412 g/mol. The smallest absolute Gasteiger partial charge is 0.262 e. The Bertz CT molecular complexity index is 1030. The number of fused-ring (bicyclic) bond motifs is 1. The average molecular weight is 433 g/mol. The largest absolute Gasteiger partial charge is 0.376 e. The van der Waals surface area contributed by atoms with Gasteiger partial charge in [-0.05, 0) is 55.0 Å². The molecule has 28 heavy (non-hydrogen) atoms. The highest BCUT2D eigenvalue weighted by molar-refractivity contribution is 7.98. The zero-order chi connectivity index (χ0) is 19.5. The van der Waals surface area contributed by atoms with Gasteiger partial charge in [-0.15, -0.1) is 11.8 Å². The molecule has 1 aliphatic rings. The first-order chi connectivity index (χ1) is 13.6. The Labute approximate surface area is 177 Å². The molecule has 1 unspecified atom stereocenters. The van der Waals surface area contributed by atoms with Crippen LogP contribution in [0.25, 0.3) is 10.9 Å². The Hall–Kier alpha value is -1.47. The maximum atomic E-state index is 13.2. The van der Waals surface area contributed by atoms with Crippen LogP contribution in [0.4, 0.5) is 0 Å². The molecular formula is C21H21ClN2O2S2. The molecule has 3 aromatic rings. The second kappa shape index (κ2) is 8.91. The summed E-state index contributed by atoms with van der Waals surface area (Å²) in [6.45, 7) is 1.30. The van der Waals surface area contributed by atoms with Crippen molar-refractivity contribution in [1.29, 1.82) is 0 Å². The van der Waals surface area contributed by atoms with Crippen molar-refractivity contribution < 1.29 is 4.74 Å². The normalized spacial score (nSPS) is 16.7. The Kier molecular flexibility index (Phi) is 6.31. The average Bonchev–Trinajstić information content (AvgIpc) is 3.22. The van der Waals surface area contributed by atoms with Gasteiger partial charge in [0.1, 0.15) is 0 Å². The van der Waals surface area contributed by atoms with Gasteiger partial charge in [-0.1, -0.05) is 35.5 Å². The van der Waals surface area contributed by atoms with Crippen molar-refractivity contribution in [3.05, 3.63) is 63.4 Å². The van der Waals surface area contributed by atoms with Crippen molar-refractivity contribution in [2.45, 2.75) is 41.3 Å². The SMILES string of the molecule is CSc1ccc(CSc2nc3cc(Cl)ccc3c(=O)n2CC2CCCO2)cc1. The number of benzene rings is 2. The monoisotopic (exact) mass is 432 g/mol. The molecule has 0 amide bonds. The van der Waals surface area contributed by atoms with E-state index in [1.807, 2.05) is 0 Å². The molecule has 1 aromatic heterocycles. The van der Waals surface area contributed by atoms with E-state index >= 15 is 0 Å². The van der Waals surface area contributed by atoms with Gasteiger partial charge in [0.2, 0.25) is 0 Å². The summed E-state index contributed by atoms with van der Waals surface area (Å²) >= 11 is 9.43. The van der Waals surface area contributed by atoms with E-state index < -0.39 is 0 Å². The number of thioether (sulfide) groups is 2. The van der Waals surface area contributed by atoms with Crippen molar-refractivity contribution in [3.8, 4) is 0 Å². The Balaban J connectivity index is 1.67.